The standard InChI is InChI=1S/C24H22N2O3S/c1-16-12-13-17(2)20(14-16)23-24(19-10-6-7-11-21(19)30(25,27)28)29-22(26-23)15-18-8-4-3-5-9-18/h3-14H,15H2,1-2H3,(H2,25,27,28). The number of oxazole rings is 1. The molecule has 0 atom stereocenters. The van der Waals surface area contributed by atoms with Crippen LogP contribution in [-0.4, -0.2) is 13.4 Å². The summed E-state index contributed by atoms with van der Waals surface area (Å²) in [7, 11) is -3.94. The summed E-state index contributed by atoms with van der Waals surface area (Å²) in [5, 5.41) is 5.48. The third-order valence-electron chi connectivity index (χ3n) is 4.96. The summed E-state index contributed by atoms with van der Waals surface area (Å²) in [6.45, 7) is 4.00. The van der Waals surface area contributed by atoms with Gasteiger partial charge in [-0.3, -0.25) is 0 Å². The van der Waals surface area contributed by atoms with Crippen LogP contribution in [0.4, 0.5) is 0 Å². The van der Waals surface area contributed by atoms with E-state index in [1.54, 1.807) is 18.2 Å². The van der Waals surface area contributed by atoms with Crippen LogP contribution in [0.15, 0.2) is 82.1 Å². The van der Waals surface area contributed by atoms with E-state index < -0.39 is 10.0 Å². The van der Waals surface area contributed by atoms with Crippen LogP contribution in [0, 0.1) is 13.8 Å². The van der Waals surface area contributed by atoms with Crippen molar-refractivity contribution in [2.45, 2.75) is 25.2 Å². The topological polar surface area (TPSA) is 86.2 Å². The van der Waals surface area contributed by atoms with Crippen molar-refractivity contribution in [3.05, 3.63) is 95.4 Å². The summed E-state index contributed by atoms with van der Waals surface area (Å²) in [4.78, 5) is 4.79. The van der Waals surface area contributed by atoms with Crippen LogP contribution in [0.1, 0.15) is 22.6 Å². The van der Waals surface area contributed by atoms with Gasteiger partial charge in [-0.25, -0.2) is 18.5 Å². The van der Waals surface area contributed by atoms with E-state index in [1.807, 2.05) is 62.4 Å². The molecule has 0 aliphatic heterocycles. The van der Waals surface area contributed by atoms with Gasteiger partial charge in [0, 0.05) is 17.5 Å². The molecule has 4 aromatic rings. The fourth-order valence-electron chi connectivity index (χ4n) is 3.47. The lowest BCUT2D eigenvalue weighted by atomic mass is 9.99. The lowest BCUT2D eigenvalue weighted by Crippen LogP contribution is -2.13. The van der Waals surface area contributed by atoms with Crippen LogP contribution in [0.3, 0.4) is 0 Å². The summed E-state index contributed by atoms with van der Waals surface area (Å²) in [6, 6.07) is 22.5. The molecule has 0 bridgehead atoms. The van der Waals surface area contributed by atoms with Crippen LogP contribution >= 0.6 is 0 Å². The minimum Gasteiger partial charge on any atom is -0.440 e. The molecular weight excluding hydrogens is 396 g/mol. The van der Waals surface area contributed by atoms with Crippen molar-refractivity contribution in [1.29, 1.82) is 0 Å². The number of rotatable bonds is 5. The Morgan fingerprint density at radius 1 is 0.900 bits per heavy atom. The van der Waals surface area contributed by atoms with E-state index >= 15 is 0 Å². The third-order valence-corrected chi connectivity index (χ3v) is 5.93. The van der Waals surface area contributed by atoms with E-state index in [2.05, 4.69) is 0 Å². The predicted octanol–water partition coefficient (Wildman–Crippen LogP) is 4.86. The molecule has 0 amide bonds. The summed E-state index contributed by atoms with van der Waals surface area (Å²) in [5.74, 6) is 0.913. The highest BCUT2D eigenvalue weighted by Crippen LogP contribution is 2.37. The Balaban J connectivity index is 1.95. The largest absolute Gasteiger partial charge is 0.440 e. The van der Waals surface area contributed by atoms with E-state index in [1.165, 1.54) is 6.07 Å². The van der Waals surface area contributed by atoms with Gasteiger partial charge in [0.25, 0.3) is 0 Å². The molecule has 0 fully saturated rings. The zero-order valence-electron chi connectivity index (χ0n) is 16.8. The highest BCUT2D eigenvalue weighted by Gasteiger charge is 2.24. The molecule has 6 heteroatoms. The lowest BCUT2D eigenvalue weighted by molar-refractivity contribution is 0.518. The lowest BCUT2D eigenvalue weighted by Gasteiger charge is -2.09. The van der Waals surface area contributed by atoms with Gasteiger partial charge in [-0.05, 0) is 43.2 Å². The van der Waals surface area contributed by atoms with Crippen molar-refractivity contribution in [2.24, 2.45) is 5.14 Å². The number of primary sulfonamides is 1. The molecule has 0 unspecified atom stereocenters. The molecule has 0 saturated heterocycles. The Morgan fingerprint density at radius 2 is 1.60 bits per heavy atom. The summed E-state index contributed by atoms with van der Waals surface area (Å²) in [5.41, 5.74) is 5.07. The van der Waals surface area contributed by atoms with Crippen LogP contribution in [0.2, 0.25) is 0 Å². The van der Waals surface area contributed by atoms with Crippen molar-refractivity contribution in [3.63, 3.8) is 0 Å². The fraction of sp³-hybridized carbons (Fsp3) is 0.125. The molecule has 0 aliphatic rings. The Kier molecular flexibility index (Phi) is 5.28. The Bertz CT molecular complexity index is 1310. The van der Waals surface area contributed by atoms with Crippen LogP contribution in [0.5, 0.6) is 0 Å². The Hall–Kier alpha value is -3.22. The van der Waals surface area contributed by atoms with Gasteiger partial charge in [-0.2, -0.15) is 0 Å². The molecule has 4 rings (SSSR count). The van der Waals surface area contributed by atoms with Gasteiger partial charge in [-0.15, -0.1) is 0 Å². The fourth-order valence-corrected chi connectivity index (χ4v) is 4.20. The molecule has 0 spiro atoms. The molecule has 2 N–H and O–H groups in total. The van der Waals surface area contributed by atoms with Crippen LogP contribution in [-0.2, 0) is 16.4 Å². The number of nitrogens with two attached hydrogens (primary N) is 1. The van der Waals surface area contributed by atoms with Crippen molar-refractivity contribution in [3.8, 4) is 22.6 Å². The average molecular weight is 419 g/mol. The van der Waals surface area contributed by atoms with Crippen LogP contribution < -0.4 is 5.14 Å². The molecule has 0 radical (unpaired) electrons. The Labute approximate surface area is 176 Å². The van der Waals surface area contributed by atoms with Crippen molar-refractivity contribution in [2.75, 3.05) is 0 Å². The molecule has 3 aromatic carbocycles. The summed E-state index contributed by atoms with van der Waals surface area (Å²) in [6.07, 6.45) is 0.496. The SMILES string of the molecule is Cc1ccc(C)c(-c2nc(Cc3ccccc3)oc2-c2ccccc2S(N)(=O)=O)c1. The monoisotopic (exact) mass is 418 g/mol. The highest BCUT2D eigenvalue weighted by atomic mass is 32.2. The Morgan fingerprint density at radius 3 is 2.33 bits per heavy atom. The average Bonchev–Trinajstić information content (AvgIpc) is 3.13. The van der Waals surface area contributed by atoms with Crippen molar-refractivity contribution >= 4 is 10.0 Å². The maximum absolute atomic E-state index is 12.2. The first-order chi connectivity index (χ1) is 14.3. The molecule has 152 valence electrons. The second-order valence-electron chi connectivity index (χ2n) is 7.31. The molecule has 1 heterocycles. The minimum absolute atomic E-state index is 0.0129. The number of aromatic nitrogens is 1. The summed E-state index contributed by atoms with van der Waals surface area (Å²) >= 11 is 0. The second-order valence-corrected chi connectivity index (χ2v) is 8.84. The predicted molar refractivity (Wildman–Crippen MR) is 117 cm³/mol. The van der Waals surface area contributed by atoms with Crippen molar-refractivity contribution < 1.29 is 12.8 Å². The normalized spacial score (nSPS) is 11.6. The van der Waals surface area contributed by atoms with Gasteiger partial charge < -0.3 is 4.42 Å². The molecule has 0 aliphatic carbocycles. The van der Waals surface area contributed by atoms with Gasteiger partial charge in [0.1, 0.15) is 5.69 Å². The summed E-state index contributed by atoms with van der Waals surface area (Å²) < 4.78 is 30.6. The number of aryl methyl sites for hydroxylation is 2. The minimum atomic E-state index is -3.94. The number of hydrogen-bond donors (Lipinski definition) is 1. The molecule has 30 heavy (non-hydrogen) atoms. The molecular formula is C24H22N2O3S. The van der Waals surface area contributed by atoms with Crippen molar-refractivity contribution in [1.82, 2.24) is 4.98 Å². The molecule has 0 saturated carbocycles. The zero-order chi connectivity index (χ0) is 21.3. The van der Waals surface area contributed by atoms with E-state index in [9.17, 15) is 8.42 Å². The van der Waals surface area contributed by atoms with Gasteiger partial charge in [0.15, 0.2) is 11.7 Å². The maximum Gasteiger partial charge on any atom is 0.238 e. The first kappa shape index (κ1) is 20.1. The first-order valence-corrected chi connectivity index (χ1v) is 11.1. The van der Waals surface area contributed by atoms with Gasteiger partial charge in [0.2, 0.25) is 10.0 Å². The number of benzene rings is 3. The van der Waals surface area contributed by atoms with E-state index in [-0.39, 0.29) is 4.90 Å². The molecule has 5 nitrogen and oxygen atoms in total. The second kappa shape index (κ2) is 7.89. The number of sulfonamides is 1. The highest BCUT2D eigenvalue weighted by molar-refractivity contribution is 7.89. The van der Waals surface area contributed by atoms with Gasteiger partial charge in [0.05, 0.1) is 4.90 Å². The van der Waals surface area contributed by atoms with Gasteiger partial charge in [-0.1, -0.05) is 60.2 Å². The van der Waals surface area contributed by atoms with E-state index in [0.29, 0.717) is 29.3 Å². The van der Waals surface area contributed by atoms with Crippen LogP contribution in [0.25, 0.3) is 22.6 Å². The number of hydrogen-bond acceptors (Lipinski definition) is 4. The smallest absolute Gasteiger partial charge is 0.238 e. The molecule has 1 aromatic heterocycles. The third kappa shape index (κ3) is 4.06. The van der Waals surface area contributed by atoms with E-state index in [4.69, 9.17) is 14.5 Å². The number of nitrogens with zero attached hydrogens (tertiary/aromatic N) is 1. The first-order valence-electron chi connectivity index (χ1n) is 9.56. The zero-order valence-corrected chi connectivity index (χ0v) is 17.6. The van der Waals surface area contributed by atoms with E-state index in [0.717, 1.165) is 22.3 Å². The maximum atomic E-state index is 12.2. The van der Waals surface area contributed by atoms with Gasteiger partial charge >= 0.3 is 0 Å². The quantitative estimate of drug-likeness (QED) is 0.501.